The average molecular weight is 280 g/mol. The highest BCUT2D eigenvalue weighted by atomic mass is 32.1. The minimum Gasteiger partial charge on any atom is -0.442 e. The van der Waals surface area contributed by atoms with Crippen LogP contribution in [0.5, 0.6) is 0 Å². The molecular weight excluding hydrogens is 272 g/mol. The van der Waals surface area contributed by atoms with Crippen LogP contribution in [0, 0.1) is 4.91 Å². The normalized spacial score (nSPS) is 10.2. The van der Waals surface area contributed by atoms with Crippen LogP contribution in [0.4, 0.5) is 0 Å². The SMILES string of the molecule is CC(=O)NCc1nc(-c2nc(C(=O)N=O)co2)cs1. The number of carbonyl (C=O) groups is 2. The molecule has 19 heavy (non-hydrogen) atoms. The number of thiazole rings is 1. The van der Waals surface area contributed by atoms with Crippen LogP contribution in [-0.2, 0) is 11.3 Å². The lowest BCUT2D eigenvalue weighted by Crippen LogP contribution is -2.18. The fraction of sp³-hybridized carbons (Fsp3) is 0.200. The van der Waals surface area contributed by atoms with Crippen LogP contribution >= 0.6 is 11.3 Å². The molecule has 2 heterocycles. The summed E-state index contributed by atoms with van der Waals surface area (Å²) in [4.78, 5) is 39.8. The molecule has 2 aromatic rings. The Bertz CT molecular complexity index is 633. The molecule has 0 aliphatic rings. The summed E-state index contributed by atoms with van der Waals surface area (Å²) in [5, 5.41) is 7.19. The lowest BCUT2D eigenvalue weighted by Gasteiger charge is -1.95. The van der Waals surface area contributed by atoms with Gasteiger partial charge in [-0.2, -0.15) is 0 Å². The van der Waals surface area contributed by atoms with E-state index in [4.69, 9.17) is 4.42 Å². The van der Waals surface area contributed by atoms with Gasteiger partial charge in [0.05, 0.1) is 6.54 Å². The first kappa shape index (κ1) is 13.0. The number of amides is 2. The van der Waals surface area contributed by atoms with Crippen molar-refractivity contribution in [1.29, 1.82) is 0 Å². The first-order valence-electron chi connectivity index (χ1n) is 5.12. The summed E-state index contributed by atoms with van der Waals surface area (Å²) in [6.45, 7) is 1.72. The zero-order chi connectivity index (χ0) is 13.8. The molecule has 2 amide bonds. The molecule has 0 aliphatic carbocycles. The van der Waals surface area contributed by atoms with Crippen LogP contribution in [0.25, 0.3) is 11.6 Å². The van der Waals surface area contributed by atoms with E-state index in [1.807, 2.05) is 0 Å². The summed E-state index contributed by atoms with van der Waals surface area (Å²) < 4.78 is 5.04. The molecule has 0 fully saturated rings. The van der Waals surface area contributed by atoms with Gasteiger partial charge in [0.25, 0.3) is 0 Å². The van der Waals surface area contributed by atoms with Gasteiger partial charge in [0.1, 0.15) is 17.0 Å². The molecule has 98 valence electrons. The third-order valence-electron chi connectivity index (χ3n) is 2.07. The monoisotopic (exact) mass is 280 g/mol. The smallest absolute Gasteiger partial charge is 0.338 e. The molecule has 0 atom stereocenters. The van der Waals surface area contributed by atoms with E-state index in [1.165, 1.54) is 18.3 Å². The Hall–Kier alpha value is -2.42. The summed E-state index contributed by atoms with van der Waals surface area (Å²) >= 11 is 1.31. The maximum Gasteiger partial charge on any atom is 0.338 e. The Labute approximate surface area is 110 Å². The third kappa shape index (κ3) is 3.07. The molecule has 0 unspecified atom stereocenters. The number of oxazole rings is 1. The van der Waals surface area contributed by atoms with Crippen molar-refractivity contribution in [2.45, 2.75) is 13.5 Å². The molecule has 9 heteroatoms. The lowest BCUT2D eigenvalue weighted by molar-refractivity contribution is -0.119. The quantitative estimate of drug-likeness (QED) is 0.845. The zero-order valence-electron chi connectivity index (χ0n) is 9.74. The number of nitrogens with zero attached hydrogens (tertiary/aromatic N) is 3. The summed E-state index contributed by atoms with van der Waals surface area (Å²) in [5.41, 5.74) is 0.261. The topological polar surface area (TPSA) is 115 Å². The van der Waals surface area contributed by atoms with E-state index in [0.717, 1.165) is 6.26 Å². The first-order chi connectivity index (χ1) is 9.10. The summed E-state index contributed by atoms with van der Waals surface area (Å²) in [5.74, 6) is -1.03. The van der Waals surface area contributed by atoms with Crippen molar-refractivity contribution in [3.8, 4) is 11.6 Å². The van der Waals surface area contributed by atoms with E-state index >= 15 is 0 Å². The second-order valence-electron chi connectivity index (χ2n) is 3.47. The van der Waals surface area contributed by atoms with Gasteiger partial charge in [0.2, 0.25) is 11.8 Å². The van der Waals surface area contributed by atoms with Gasteiger partial charge >= 0.3 is 5.91 Å². The average Bonchev–Trinajstić information content (AvgIpc) is 3.03. The van der Waals surface area contributed by atoms with Gasteiger partial charge in [-0.15, -0.1) is 16.2 Å². The van der Waals surface area contributed by atoms with E-state index in [1.54, 1.807) is 5.38 Å². The van der Waals surface area contributed by atoms with Crippen LogP contribution in [0.2, 0.25) is 0 Å². The van der Waals surface area contributed by atoms with E-state index in [9.17, 15) is 14.5 Å². The molecule has 0 saturated heterocycles. The van der Waals surface area contributed by atoms with Gasteiger partial charge in [0, 0.05) is 17.5 Å². The van der Waals surface area contributed by atoms with E-state index < -0.39 is 5.91 Å². The molecule has 8 nitrogen and oxygen atoms in total. The van der Waals surface area contributed by atoms with Gasteiger partial charge in [-0.05, 0) is 0 Å². The van der Waals surface area contributed by atoms with Crippen molar-refractivity contribution in [2.75, 3.05) is 0 Å². The van der Waals surface area contributed by atoms with Crippen molar-refractivity contribution in [3.63, 3.8) is 0 Å². The highest BCUT2D eigenvalue weighted by molar-refractivity contribution is 7.09. The summed E-state index contributed by atoms with van der Waals surface area (Å²) in [6.07, 6.45) is 1.05. The Balaban J connectivity index is 2.14. The predicted molar refractivity (Wildman–Crippen MR) is 65.3 cm³/mol. The van der Waals surface area contributed by atoms with Gasteiger partial charge in [-0.3, -0.25) is 9.59 Å². The number of aromatic nitrogens is 2. The highest BCUT2D eigenvalue weighted by Gasteiger charge is 2.15. The maximum atomic E-state index is 11.0. The predicted octanol–water partition coefficient (Wildman–Crippen LogP) is 1.34. The minimum absolute atomic E-state index is 0.123. The molecule has 2 rings (SSSR count). The lowest BCUT2D eigenvalue weighted by atomic mass is 10.4. The molecule has 2 aromatic heterocycles. The number of carbonyl (C=O) groups excluding carboxylic acids is 2. The molecule has 0 radical (unpaired) electrons. The summed E-state index contributed by atoms with van der Waals surface area (Å²) in [7, 11) is 0. The second kappa shape index (κ2) is 5.48. The molecule has 0 aliphatic heterocycles. The van der Waals surface area contributed by atoms with Crippen LogP contribution in [-0.4, -0.2) is 21.8 Å². The van der Waals surface area contributed by atoms with Crippen molar-refractivity contribution in [2.24, 2.45) is 5.18 Å². The molecular formula is C10H8N4O4S. The molecule has 0 spiro atoms. The number of rotatable bonds is 4. The van der Waals surface area contributed by atoms with E-state index in [2.05, 4.69) is 20.5 Å². The van der Waals surface area contributed by atoms with Gasteiger partial charge in [-0.25, -0.2) is 9.97 Å². The minimum atomic E-state index is -0.997. The third-order valence-corrected chi connectivity index (χ3v) is 2.91. The summed E-state index contributed by atoms with van der Waals surface area (Å²) in [6, 6.07) is 0. The number of hydrogen-bond acceptors (Lipinski definition) is 7. The van der Waals surface area contributed by atoms with Crippen molar-refractivity contribution in [1.82, 2.24) is 15.3 Å². The molecule has 0 bridgehead atoms. The number of nitrogens with one attached hydrogen (secondary N) is 1. The largest absolute Gasteiger partial charge is 0.442 e. The first-order valence-corrected chi connectivity index (χ1v) is 6.00. The second-order valence-corrected chi connectivity index (χ2v) is 4.41. The van der Waals surface area contributed by atoms with Crippen LogP contribution < -0.4 is 5.32 Å². The molecule has 1 N–H and O–H groups in total. The Morgan fingerprint density at radius 2 is 2.26 bits per heavy atom. The highest BCUT2D eigenvalue weighted by Crippen LogP contribution is 2.21. The number of nitroso groups, excluding NO2 is 1. The van der Waals surface area contributed by atoms with Crippen molar-refractivity contribution in [3.05, 3.63) is 27.3 Å². The van der Waals surface area contributed by atoms with Gasteiger partial charge < -0.3 is 9.73 Å². The van der Waals surface area contributed by atoms with Crippen molar-refractivity contribution < 1.29 is 14.0 Å². The van der Waals surface area contributed by atoms with Crippen LogP contribution in [0.3, 0.4) is 0 Å². The number of hydrogen-bond donors (Lipinski definition) is 1. The van der Waals surface area contributed by atoms with Crippen molar-refractivity contribution >= 4 is 23.2 Å². The zero-order valence-corrected chi connectivity index (χ0v) is 10.6. The van der Waals surface area contributed by atoms with Gasteiger partial charge in [0.15, 0.2) is 5.69 Å². The Morgan fingerprint density at radius 3 is 2.95 bits per heavy atom. The maximum absolute atomic E-state index is 11.0. The standard InChI is InChI=1S/C10H8N4O4S/c1-5(15)11-2-8-12-7(4-19-8)10-13-6(3-18-10)9(16)14-17/h3-4H,2H2,1H3,(H,11,15). The van der Waals surface area contributed by atoms with Gasteiger partial charge in [-0.1, -0.05) is 0 Å². The van der Waals surface area contributed by atoms with Crippen LogP contribution in [0.1, 0.15) is 22.4 Å². The molecule has 0 saturated carbocycles. The van der Waals surface area contributed by atoms with Crippen LogP contribution in [0.15, 0.2) is 21.2 Å². The van der Waals surface area contributed by atoms with E-state index in [0.29, 0.717) is 17.2 Å². The molecule has 0 aromatic carbocycles. The Kier molecular flexibility index (Phi) is 3.76. The Morgan fingerprint density at radius 1 is 1.47 bits per heavy atom. The fourth-order valence-corrected chi connectivity index (χ4v) is 1.93. The fourth-order valence-electron chi connectivity index (χ4n) is 1.23. The van der Waals surface area contributed by atoms with E-state index in [-0.39, 0.29) is 17.5 Å².